The summed E-state index contributed by atoms with van der Waals surface area (Å²) in [7, 11) is 1.76. The van der Waals surface area contributed by atoms with Gasteiger partial charge in [-0.2, -0.15) is 0 Å². The third-order valence-electron chi connectivity index (χ3n) is 4.12. The Bertz CT molecular complexity index is 480. The first-order chi connectivity index (χ1) is 10.1. The van der Waals surface area contributed by atoms with Gasteiger partial charge in [-0.05, 0) is 19.8 Å². The van der Waals surface area contributed by atoms with Gasteiger partial charge >= 0.3 is 6.09 Å². The number of Topliss-reactive ketones (excluding diaryl/α,β-unsaturated/α-hetero) is 1. The molecule has 1 aromatic carbocycles. The normalized spacial score (nSPS) is 17.0. The van der Waals surface area contributed by atoms with E-state index in [1.54, 1.807) is 43.1 Å². The van der Waals surface area contributed by atoms with Gasteiger partial charge in [0.15, 0.2) is 6.10 Å². The lowest BCUT2D eigenvalue weighted by atomic mass is 9.95. The fourth-order valence-electron chi connectivity index (χ4n) is 2.74. The number of hydrogen-bond donors (Lipinski definition) is 0. The number of nitrogens with zero attached hydrogens (tertiary/aromatic N) is 1. The van der Waals surface area contributed by atoms with Gasteiger partial charge in [-0.3, -0.25) is 4.79 Å². The number of rotatable bonds is 4. The molecular weight excluding hydrogens is 266 g/mol. The molecule has 0 saturated heterocycles. The lowest BCUT2D eigenvalue weighted by molar-refractivity contribution is 0.0487. The molecule has 1 aliphatic carbocycles. The van der Waals surface area contributed by atoms with Gasteiger partial charge in [0.2, 0.25) is 5.78 Å². The zero-order chi connectivity index (χ0) is 15.2. The number of hydrogen-bond acceptors (Lipinski definition) is 3. The zero-order valence-electron chi connectivity index (χ0n) is 12.7. The van der Waals surface area contributed by atoms with E-state index in [-0.39, 0.29) is 11.8 Å². The molecule has 0 N–H and O–H groups in total. The molecule has 1 unspecified atom stereocenters. The van der Waals surface area contributed by atoms with E-state index < -0.39 is 12.2 Å². The van der Waals surface area contributed by atoms with Gasteiger partial charge in [0, 0.05) is 18.7 Å². The largest absolute Gasteiger partial charge is 0.438 e. The highest BCUT2D eigenvalue weighted by Gasteiger charge is 2.26. The minimum Gasteiger partial charge on any atom is -0.438 e. The van der Waals surface area contributed by atoms with Crippen LogP contribution in [0.2, 0.25) is 0 Å². The van der Waals surface area contributed by atoms with E-state index in [0.29, 0.717) is 5.56 Å². The maximum absolute atomic E-state index is 12.2. The van der Waals surface area contributed by atoms with Crippen LogP contribution < -0.4 is 0 Å². The van der Waals surface area contributed by atoms with Crippen molar-refractivity contribution in [3.05, 3.63) is 35.9 Å². The van der Waals surface area contributed by atoms with Gasteiger partial charge in [-0.15, -0.1) is 0 Å². The minimum absolute atomic E-state index is 0.166. The first kappa shape index (κ1) is 15.5. The molecule has 1 amide bonds. The molecule has 0 bridgehead atoms. The summed E-state index contributed by atoms with van der Waals surface area (Å²) in [5, 5.41) is 0. The molecule has 0 heterocycles. The summed E-state index contributed by atoms with van der Waals surface area (Å²) >= 11 is 0. The van der Waals surface area contributed by atoms with Crippen molar-refractivity contribution in [2.45, 2.75) is 51.2 Å². The smallest absolute Gasteiger partial charge is 0.410 e. The average molecular weight is 289 g/mol. The molecule has 114 valence electrons. The summed E-state index contributed by atoms with van der Waals surface area (Å²) in [6, 6.07) is 9.16. The van der Waals surface area contributed by atoms with Crippen molar-refractivity contribution in [3.63, 3.8) is 0 Å². The lowest BCUT2D eigenvalue weighted by Crippen LogP contribution is -2.41. The number of benzene rings is 1. The summed E-state index contributed by atoms with van der Waals surface area (Å²) in [5.41, 5.74) is 0.568. The van der Waals surface area contributed by atoms with E-state index in [4.69, 9.17) is 4.74 Å². The maximum Gasteiger partial charge on any atom is 0.410 e. The summed E-state index contributed by atoms with van der Waals surface area (Å²) in [5.74, 6) is -0.166. The summed E-state index contributed by atoms with van der Waals surface area (Å²) < 4.78 is 5.32. The summed E-state index contributed by atoms with van der Waals surface area (Å²) in [6.45, 7) is 1.63. The van der Waals surface area contributed by atoms with Gasteiger partial charge in [0.25, 0.3) is 0 Å². The molecule has 4 nitrogen and oxygen atoms in total. The van der Waals surface area contributed by atoms with Crippen molar-refractivity contribution in [2.24, 2.45) is 0 Å². The number of ketones is 1. The fourth-order valence-corrected chi connectivity index (χ4v) is 2.74. The van der Waals surface area contributed by atoms with Crippen LogP contribution in [0.15, 0.2) is 30.3 Å². The van der Waals surface area contributed by atoms with Crippen LogP contribution in [0.1, 0.15) is 49.4 Å². The van der Waals surface area contributed by atoms with E-state index in [0.717, 1.165) is 25.7 Å². The lowest BCUT2D eigenvalue weighted by Gasteiger charge is -2.31. The zero-order valence-corrected chi connectivity index (χ0v) is 12.7. The molecule has 1 aliphatic rings. The molecule has 0 spiro atoms. The first-order valence-corrected chi connectivity index (χ1v) is 7.62. The molecule has 0 radical (unpaired) electrons. The summed E-state index contributed by atoms with van der Waals surface area (Å²) in [6.07, 6.45) is 4.42. The van der Waals surface area contributed by atoms with Crippen molar-refractivity contribution in [1.82, 2.24) is 4.90 Å². The van der Waals surface area contributed by atoms with Crippen molar-refractivity contribution in [2.75, 3.05) is 7.05 Å². The Kier molecular flexibility index (Phi) is 5.37. The maximum atomic E-state index is 12.2. The molecule has 0 aromatic heterocycles. The molecule has 21 heavy (non-hydrogen) atoms. The minimum atomic E-state index is -0.758. The van der Waals surface area contributed by atoms with Crippen LogP contribution >= 0.6 is 0 Å². The van der Waals surface area contributed by atoms with Crippen LogP contribution in [-0.2, 0) is 4.74 Å². The molecular formula is C17H23NO3. The average Bonchev–Trinajstić information content (AvgIpc) is 2.55. The van der Waals surface area contributed by atoms with Gasteiger partial charge in [0.05, 0.1) is 0 Å². The van der Waals surface area contributed by atoms with Crippen LogP contribution in [0.5, 0.6) is 0 Å². The Morgan fingerprint density at radius 3 is 2.38 bits per heavy atom. The molecule has 4 heteroatoms. The second-order valence-electron chi connectivity index (χ2n) is 5.66. The van der Waals surface area contributed by atoms with Crippen molar-refractivity contribution < 1.29 is 14.3 Å². The second kappa shape index (κ2) is 7.25. The third-order valence-corrected chi connectivity index (χ3v) is 4.12. The van der Waals surface area contributed by atoms with Crippen molar-refractivity contribution in [3.8, 4) is 0 Å². The Balaban J connectivity index is 1.90. The monoisotopic (exact) mass is 289 g/mol. The first-order valence-electron chi connectivity index (χ1n) is 7.62. The third kappa shape index (κ3) is 4.06. The van der Waals surface area contributed by atoms with Crippen molar-refractivity contribution >= 4 is 11.9 Å². The predicted molar refractivity (Wildman–Crippen MR) is 81.4 cm³/mol. The van der Waals surface area contributed by atoms with E-state index in [9.17, 15) is 9.59 Å². The van der Waals surface area contributed by atoms with Crippen LogP contribution in [0.3, 0.4) is 0 Å². The van der Waals surface area contributed by atoms with Gasteiger partial charge < -0.3 is 9.64 Å². The van der Waals surface area contributed by atoms with Crippen molar-refractivity contribution in [1.29, 1.82) is 0 Å². The highest BCUT2D eigenvalue weighted by Crippen LogP contribution is 2.22. The number of amides is 1. The quantitative estimate of drug-likeness (QED) is 0.795. The molecule has 2 rings (SSSR count). The SMILES string of the molecule is CC(OC(=O)N(C)C1CCCCC1)C(=O)c1ccccc1. The molecule has 0 aliphatic heterocycles. The number of carbonyl (C=O) groups excluding carboxylic acids is 2. The van der Waals surface area contributed by atoms with Gasteiger partial charge in [-0.1, -0.05) is 49.6 Å². The molecule has 1 aromatic rings. The van der Waals surface area contributed by atoms with Gasteiger partial charge in [-0.25, -0.2) is 4.79 Å². The molecule has 1 fully saturated rings. The molecule has 1 saturated carbocycles. The van der Waals surface area contributed by atoms with Gasteiger partial charge in [0.1, 0.15) is 0 Å². The van der Waals surface area contributed by atoms with Crippen LogP contribution in [0, 0.1) is 0 Å². The predicted octanol–water partition coefficient (Wildman–Crippen LogP) is 3.66. The fraction of sp³-hybridized carbons (Fsp3) is 0.529. The highest BCUT2D eigenvalue weighted by atomic mass is 16.6. The summed E-state index contributed by atoms with van der Waals surface area (Å²) in [4.78, 5) is 26.0. The second-order valence-corrected chi connectivity index (χ2v) is 5.66. The number of ether oxygens (including phenoxy) is 1. The Morgan fingerprint density at radius 1 is 1.14 bits per heavy atom. The van der Waals surface area contributed by atoms with Crippen LogP contribution in [0.4, 0.5) is 4.79 Å². The number of carbonyl (C=O) groups is 2. The highest BCUT2D eigenvalue weighted by molar-refractivity contribution is 6.00. The van der Waals surface area contributed by atoms with E-state index in [2.05, 4.69) is 0 Å². The van der Waals surface area contributed by atoms with Crippen LogP contribution in [-0.4, -0.2) is 36.0 Å². The van der Waals surface area contributed by atoms with E-state index in [1.165, 1.54) is 6.42 Å². The molecule has 1 atom stereocenters. The van der Waals surface area contributed by atoms with Crippen LogP contribution in [0.25, 0.3) is 0 Å². The topological polar surface area (TPSA) is 46.6 Å². The van der Waals surface area contributed by atoms with E-state index in [1.807, 2.05) is 6.07 Å². The Hall–Kier alpha value is -1.84. The Morgan fingerprint density at radius 2 is 1.76 bits per heavy atom. The standard InChI is InChI=1S/C17H23NO3/c1-13(16(19)14-9-5-3-6-10-14)21-17(20)18(2)15-11-7-4-8-12-15/h3,5-6,9-10,13,15H,4,7-8,11-12H2,1-2H3. The van der Waals surface area contributed by atoms with E-state index >= 15 is 0 Å². The Labute approximate surface area is 126 Å².